The molecule has 0 saturated carbocycles. The van der Waals surface area contributed by atoms with Crippen molar-refractivity contribution < 1.29 is 4.79 Å². The van der Waals surface area contributed by atoms with E-state index in [0.717, 1.165) is 28.1 Å². The number of carbonyl (C=O) groups is 1. The van der Waals surface area contributed by atoms with E-state index < -0.39 is 0 Å². The highest BCUT2D eigenvalue weighted by molar-refractivity contribution is 8.01. The highest BCUT2D eigenvalue weighted by Crippen LogP contribution is 2.27. The Kier molecular flexibility index (Phi) is 7.89. The number of aromatic nitrogens is 2. The summed E-state index contributed by atoms with van der Waals surface area (Å²) in [5.74, 6) is 0.438. The Morgan fingerprint density at radius 1 is 1.17 bits per heavy atom. The molecule has 23 heavy (non-hydrogen) atoms. The molecule has 0 saturated heterocycles. The molecule has 124 valence electrons. The Morgan fingerprint density at radius 2 is 2.00 bits per heavy atom. The number of anilines is 2. The first kappa shape index (κ1) is 17.7. The SMILES string of the molecule is CCCCCCNC(=O)CSc1nnc(Nc2ccccc2)s1. The van der Waals surface area contributed by atoms with Crippen molar-refractivity contribution in [2.24, 2.45) is 0 Å². The maximum Gasteiger partial charge on any atom is 0.230 e. The third-order valence-corrected chi connectivity index (χ3v) is 5.08. The highest BCUT2D eigenvalue weighted by atomic mass is 32.2. The van der Waals surface area contributed by atoms with E-state index in [-0.39, 0.29) is 5.91 Å². The van der Waals surface area contributed by atoms with Crippen molar-refractivity contribution in [1.82, 2.24) is 15.5 Å². The van der Waals surface area contributed by atoms with Crippen molar-refractivity contribution in [2.45, 2.75) is 36.9 Å². The van der Waals surface area contributed by atoms with E-state index in [4.69, 9.17) is 0 Å². The lowest BCUT2D eigenvalue weighted by molar-refractivity contribution is -0.118. The number of thioether (sulfide) groups is 1. The number of rotatable bonds is 10. The summed E-state index contributed by atoms with van der Waals surface area (Å²) in [5, 5.41) is 15.1. The van der Waals surface area contributed by atoms with Crippen LogP contribution in [-0.2, 0) is 4.79 Å². The second-order valence-corrected chi connectivity index (χ2v) is 7.26. The minimum atomic E-state index is 0.0549. The molecular weight excluding hydrogens is 328 g/mol. The number of carbonyl (C=O) groups excluding carboxylic acids is 1. The van der Waals surface area contributed by atoms with Gasteiger partial charge in [0.2, 0.25) is 11.0 Å². The monoisotopic (exact) mass is 350 g/mol. The van der Waals surface area contributed by atoms with Gasteiger partial charge in [-0.1, -0.05) is 67.5 Å². The highest BCUT2D eigenvalue weighted by Gasteiger charge is 2.08. The quantitative estimate of drug-likeness (QED) is 0.499. The average molecular weight is 351 g/mol. The number of benzene rings is 1. The fourth-order valence-corrected chi connectivity index (χ4v) is 3.52. The smallest absolute Gasteiger partial charge is 0.230 e. The van der Waals surface area contributed by atoms with Crippen molar-refractivity contribution in [3.63, 3.8) is 0 Å². The Labute approximate surface area is 145 Å². The molecule has 0 atom stereocenters. The normalized spacial score (nSPS) is 10.5. The van der Waals surface area contributed by atoms with Crippen molar-refractivity contribution in [3.8, 4) is 0 Å². The van der Waals surface area contributed by atoms with Crippen LogP contribution in [0.2, 0.25) is 0 Å². The molecule has 0 fully saturated rings. The van der Waals surface area contributed by atoms with Crippen molar-refractivity contribution >= 4 is 39.8 Å². The third-order valence-electron chi connectivity index (χ3n) is 3.11. The van der Waals surface area contributed by atoms with Crippen LogP contribution < -0.4 is 10.6 Å². The van der Waals surface area contributed by atoms with Gasteiger partial charge in [-0.3, -0.25) is 4.79 Å². The second kappa shape index (κ2) is 10.2. The molecule has 2 rings (SSSR count). The molecule has 2 aromatic rings. The lowest BCUT2D eigenvalue weighted by Gasteiger charge is -2.03. The van der Waals surface area contributed by atoms with E-state index in [1.807, 2.05) is 30.3 Å². The molecule has 1 aromatic carbocycles. The summed E-state index contributed by atoms with van der Waals surface area (Å²) in [7, 11) is 0. The number of nitrogens with one attached hydrogen (secondary N) is 2. The Balaban J connectivity index is 1.67. The van der Waals surface area contributed by atoms with Crippen LogP contribution in [0.4, 0.5) is 10.8 Å². The fraction of sp³-hybridized carbons (Fsp3) is 0.438. The Hall–Kier alpha value is -1.60. The Morgan fingerprint density at radius 3 is 2.78 bits per heavy atom. The first-order valence-electron chi connectivity index (χ1n) is 7.83. The van der Waals surface area contributed by atoms with E-state index in [1.54, 1.807) is 0 Å². The van der Waals surface area contributed by atoms with Gasteiger partial charge in [0.15, 0.2) is 4.34 Å². The van der Waals surface area contributed by atoms with Gasteiger partial charge in [0, 0.05) is 12.2 Å². The van der Waals surface area contributed by atoms with Gasteiger partial charge in [0.1, 0.15) is 0 Å². The molecule has 5 nitrogen and oxygen atoms in total. The van der Waals surface area contributed by atoms with E-state index in [2.05, 4.69) is 27.8 Å². The van der Waals surface area contributed by atoms with Crippen LogP contribution in [0.3, 0.4) is 0 Å². The minimum absolute atomic E-state index is 0.0549. The largest absolute Gasteiger partial charge is 0.355 e. The molecular formula is C16H22N4OS2. The minimum Gasteiger partial charge on any atom is -0.355 e. The molecule has 0 spiro atoms. The summed E-state index contributed by atoms with van der Waals surface area (Å²) in [4.78, 5) is 11.8. The second-order valence-electron chi connectivity index (χ2n) is 5.06. The average Bonchev–Trinajstić information content (AvgIpc) is 3.01. The van der Waals surface area contributed by atoms with Crippen LogP contribution >= 0.6 is 23.1 Å². The van der Waals surface area contributed by atoms with E-state index in [1.165, 1.54) is 42.4 Å². The molecule has 1 heterocycles. The first-order chi connectivity index (χ1) is 11.3. The van der Waals surface area contributed by atoms with Crippen LogP contribution in [0.5, 0.6) is 0 Å². The summed E-state index contributed by atoms with van der Waals surface area (Å²) in [6.45, 7) is 2.94. The van der Waals surface area contributed by atoms with Crippen LogP contribution in [0.15, 0.2) is 34.7 Å². The van der Waals surface area contributed by atoms with Crippen LogP contribution in [0, 0.1) is 0 Å². The van der Waals surface area contributed by atoms with E-state index >= 15 is 0 Å². The number of unbranched alkanes of at least 4 members (excludes halogenated alkanes) is 3. The third kappa shape index (κ3) is 7.00. The predicted molar refractivity (Wildman–Crippen MR) is 97.5 cm³/mol. The summed E-state index contributed by atoms with van der Waals surface area (Å²) < 4.78 is 0.796. The topological polar surface area (TPSA) is 66.9 Å². The van der Waals surface area contributed by atoms with Crippen molar-refractivity contribution in [2.75, 3.05) is 17.6 Å². The summed E-state index contributed by atoms with van der Waals surface area (Å²) in [6, 6.07) is 9.83. The van der Waals surface area contributed by atoms with Gasteiger partial charge < -0.3 is 10.6 Å². The van der Waals surface area contributed by atoms with Gasteiger partial charge in [-0.15, -0.1) is 10.2 Å². The molecule has 1 amide bonds. The summed E-state index contributed by atoms with van der Waals surface area (Å²) in [6.07, 6.45) is 4.66. The molecule has 0 aliphatic carbocycles. The molecule has 0 radical (unpaired) electrons. The molecule has 2 N–H and O–H groups in total. The van der Waals surface area contributed by atoms with E-state index in [9.17, 15) is 4.79 Å². The van der Waals surface area contributed by atoms with Gasteiger partial charge in [-0.2, -0.15) is 0 Å². The predicted octanol–water partition coefficient (Wildman–Crippen LogP) is 4.07. The van der Waals surface area contributed by atoms with Crippen LogP contribution in [0.25, 0.3) is 0 Å². The summed E-state index contributed by atoms with van der Waals surface area (Å²) in [5.41, 5.74) is 0.977. The number of para-hydroxylation sites is 1. The van der Waals surface area contributed by atoms with E-state index in [0.29, 0.717) is 5.75 Å². The van der Waals surface area contributed by atoms with Crippen molar-refractivity contribution in [1.29, 1.82) is 0 Å². The van der Waals surface area contributed by atoms with Gasteiger partial charge in [-0.05, 0) is 18.6 Å². The molecule has 0 unspecified atom stereocenters. The molecule has 7 heteroatoms. The van der Waals surface area contributed by atoms with Gasteiger partial charge >= 0.3 is 0 Å². The number of nitrogens with zero attached hydrogens (tertiary/aromatic N) is 2. The van der Waals surface area contributed by atoms with Crippen molar-refractivity contribution in [3.05, 3.63) is 30.3 Å². The number of amides is 1. The fourth-order valence-electron chi connectivity index (χ4n) is 1.92. The molecule has 1 aromatic heterocycles. The summed E-state index contributed by atoms with van der Waals surface area (Å²) >= 11 is 2.88. The van der Waals surface area contributed by atoms with Crippen LogP contribution in [-0.4, -0.2) is 28.4 Å². The first-order valence-corrected chi connectivity index (χ1v) is 9.63. The maximum absolute atomic E-state index is 11.8. The molecule has 0 aliphatic rings. The lowest BCUT2D eigenvalue weighted by atomic mass is 10.2. The van der Waals surface area contributed by atoms with Crippen LogP contribution in [0.1, 0.15) is 32.6 Å². The van der Waals surface area contributed by atoms with Gasteiger partial charge in [0.05, 0.1) is 5.75 Å². The zero-order valence-corrected chi connectivity index (χ0v) is 14.9. The molecule has 0 bridgehead atoms. The zero-order valence-electron chi connectivity index (χ0n) is 13.2. The Bertz CT molecular complexity index is 589. The standard InChI is InChI=1S/C16H22N4OS2/c1-2-3-4-8-11-17-14(21)12-22-16-20-19-15(23-16)18-13-9-6-5-7-10-13/h5-7,9-10H,2-4,8,11-12H2,1H3,(H,17,21)(H,18,19). The van der Waals surface area contributed by atoms with Gasteiger partial charge in [-0.25, -0.2) is 0 Å². The number of hydrogen-bond acceptors (Lipinski definition) is 6. The number of hydrogen-bond donors (Lipinski definition) is 2. The lowest BCUT2D eigenvalue weighted by Crippen LogP contribution is -2.26. The zero-order chi connectivity index (χ0) is 16.3. The van der Waals surface area contributed by atoms with Gasteiger partial charge in [0.25, 0.3) is 0 Å². The maximum atomic E-state index is 11.8. The molecule has 0 aliphatic heterocycles.